The molecule has 0 radical (unpaired) electrons. The van der Waals surface area contributed by atoms with Crippen LogP contribution in [0.25, 0.3) is 6.08 Å². The lowest BCUT2D eigenvalue weighted by Crippen LogP contribution is -2.54. The van der Waals surface area contributed by atoms with Crippen LogP contribution >= 0.6 is 15.9 Å². The van der Waals surface area contributed by atoms with Crippen LogP contribution in [0, 0.1) is 10.1 Å². The summed E-state index contributed by atoms with van der Waals surface area (Å²) >= 11 is 3.28. The third kappa shape index (κ3) is 4.02. The predicted octanol–water partition coefficient (Wildman–Crippen LogP) is 3.09. The van der Waals surface area contributed by atoms with E-state index in [0.29, 0.717) is 11.3 Å². The normalized spacial score (nSPS) is 15.5. The molecule has 0 aromatic heterocycles. The molecule has 9 nitrogen and oxygen atoms in total. The van der Waals surface area contributed by atoms with Crippen LogP contribution in [0.2, 0.25) is 0 Å². The number of nitrogens with one attached hydrogen (secondary N) is 1. The van der Waals surface area contributed by atoms with E-state index in [4.69, 9.17) is 0 Å². The second-order valence-electron chi connectivity index (χ2n) is 6.33. The second kappa shape index (κ2) is 7.84. The van der Waals surface area contributed by atoms with E-state index in [1.807, 2.05) is 0 Å². The minimum atomic E-state index is -0.871. The van der Waals surface area contributed by atoms with Crippen LogP contribution in [0.4, 0.5) is 21.9 Å². The van der Waals surface area contributed by atoms with Crippen LogP contribution in [0.3, 0.4) is 0 Å². The Morgan fingerprint density at radius 2 is 1.76 bits per heavy atom. The average Bonchev–Trinajstić information content (AvgIpc) is 2.66. The number of rotatable bonds is 4. The highest BCUT2D eigenvalue weighted by atomic mass is 79.9. The van der Waals surface area contributed by atoms with Gasteiger partial charge in [0.15, 0.2) is 0 Å². The number of anilines is 2. The van der Waals surface area contributed by atoms with Gasteiger partial charge in [-0.2, -0.15) is 0 Å². The molecule has 0 aliphatic carbocycles. The molecule has 148 valence electrons. The van der Waals surface area contributed by atoms with Crippen molar-refractivity contribution in [2.75, 3.05) is 23.9 Å². The highest BCUT2D eigenvalue weighted by Crippen LogP contribution is 2.29. The Morgan fingerprint density at radius 3 is 2.34 bits per heavy atom. The summed E-state index contributed by atoms with van der Waals surface area (Å²) in [6, 6.07) is 9.66. The zero-order valence-electron chi connectivity index (χ0n) is 15.4. The Bertz CT molecular complexity index is 1060. The number of nitro groups is 1. The minimum Gasteiger partial charge on any atom is -0.377 e. The van der Waals surface area contributed by atoms with Crippen molar-refractivity contribution in [2.24, 2.45) is 0 Å². The summed E-state index contributed by atoms with van der Waals surface area (Å²) in [6.45, 7) is 0. The van der Waals surface area contributed by atoms with Crippen LogP contribution < -0.4 is 15.1 Å². The first-order valence-electron chi connectivity index (χ1n) is 8.32. The first-order valence-corrected chi connectivity index (χ1v) is 9.11. The molecule has 0 spiro atoms. The van der Waals surface area contributed by atoms with Gasteiger partial charge in [0.1, 0.15) is 5.57 Å². The maximum absolute atomic E-state index is 13.0. The molecular formula is C19H15BrN4O5. The Hall–Kier alpha value is -3.53. The number of amides is 4. The number of benzene rings is 2. The fraction of sp³-hybridized carbons (Fsp3) is 0.105. The number of nitrogens with zero attached hydrogens (tertiary/aromatic N) is 3. The second-order valence-corrected chi connectivity index (χ2v) is 7.24. The monoisotopic (exact) mass is 458 g/mol. The summed E-state index contributed by atoms with van der Waals surface area (Å²) in [4.78, 5) is 50.7. The topological polar surface area (TPSA) is 113 Å². The molecule has 4 amide bonds. The number of nitro benzene ring substituents is 1. The molecular weight excluding hydrogens is 444 g/mol. The van der Waals surface area contributed by atoms with Gasteiger partial charge >= 0.3 is 6.03 Å². The van der Waals surface area contributed by atoms with Gasteiger partial charge in [-0.1, -0.05) is 15.9 Å². The van der Waals surface area contributed by atoms with E-state index >= 15 is 0 Å². The maximum Gasteiger partial charge on any atom is 0.335 e. The Kier molecular flexibility index (Phi) is 5.46. The number of imide groups is 2. The van der Waals surface area contributed by atoms with Crippen LogP contribution in [-0.4, -0.2) is 36.9 Å². The van der Waals surface area contributed by atoms with Crippen LogP contribution in [0.5, 0.6) is 0 Å². The van der Waals surface area contributed by atoms with E-state index in [2.05, 4.69) is 21.2 Å². The molecule has 2 aromatic rings. The lowest BCUT2D eigenvalue weighted by atomic mass is 10.0. The van der Waals surface area contributed by atoms with Crippen molar-refractivity contribution < 1.29 is 19.3 Å². The fourth-order valence-corrected chi connectivity index (χ4v) is 3.08. The SMILES string of the molecule is CN(C)c1ccc([N+](=O)[O-])cc1/C=C1/C(=O)NC(=O)N(c2ccc(Br)cc2)C1=O. The molecule has 29 heavy (non-hydrogen) atoms. The molecule has 1 aliphatic heterocycles. The van der Waals surface area contributed by atoms with Crippen molar-refractivity contribution >= 4 is 56.9 Å². The molecule has 1 fully saturated rings. The van der Waals surface area contributed by atoms with Crippen molar-refractivity contribution in [1.29, 1.82) is 0 Å². The lowest BCUT2D eigenvalue weighted by Gasteiger charge is -2.26. The number of barbiturate groups is 1. The third-order valence-electron chi connectivity index (χ3n) is 4.19. The molecule has 10 heteroatoms. The van der Waals surface area contributed by atoms with Gasteiger partial charge in [0.2, 0.25) is 0 Å². The van der Waals surface area contributed by atoms with Crippen LogP contribution in [-0.2, 0) is 9.59 Å². The highest BCUT2D eigenvalue weighted by molar-refractivity contribution is 9.10. The number of hydrogen-bond acceptors (Lipinski definition) is 6. The number of carbonyl (C=O) groups is 3. The van der Waals surface area contributed by atoms with Gasteiger partial charge in [-0.3, -0.25) is 25.0 Å². The van der Waals surface area contributed by atoms with E-state index in [0.717, 1.165) is 9.37 Å². The summed E-state index contributed by atoms with van der Waals surface area (Å²) in [6.07, 6.45) is 1.25. The zero-order chi connectivity index (χ0) is 21.3. The summed E-state index contributed by atoms with van der Waals surface area (Å²) in [5, 5.41) is 13.3. The van der Waals surface area contributed by atoms with Gasteiger partial charge in [0.25, 0.3) is 17.5 Å². The molecule has 1 heterocycles. The average molecular weight is 459 g/mol. The number of non-ortho nitro benzene ring substituents is 1. The number of urea groups is 1. The third-order valence-corrected chi connectivity index (χ3v) is 4.72. The van der Waals surface area contributed by atoms with Crippen molar-refractivity contribution in [3.05, 3.63) is 68.2 Å². The summed E-state index contributed by atoms with van der Waals surface area (Å²) < 4.78 is 0.755. The zero-order valence-corrected chi connectivity index (χ0v) is 17.0. The van der Waals surface area contributed by atoms with Crippen molar-refractivity contribution in [1.82, 2.24) is 5.32 Å². The van der Waals surface area contributed by atoms with Gasteiger partial charge in [0.05, 0.1) is 10.6 Å². The van der Waals surface area contributed by atoms with Gasteiger partial charge in [0, 0.05) is 42.0 Å². The first kappa shape index (κ1) is 20.2. The van der Waals surface area contributed by atoms with E-state index in [9.17, 15) is 24.5 Å². The minimum absolute atomic E-state index is 0.188. The molecule has 0 bridgehead atoms. The van der Waals surface area contributed by atoms with E-state index in [1.165, 1.54) is 24.3 Å². The molecule has 1 aliphatic rings. The maximum atomic E-state index is 13.0. The fourth-order valence-electron chi connectivity index (χ4n) is 2.82. The molecule has 2 aromatic carbocycles. The predicted molar refractivity (Wildman–Crippen MR) is 111 cm³/mol. The van der Waals surface area contributed by atoms with Crippen LogP contribution in [0.1, 0.15) is 5.56 Å². The van der Waals surface area contributed by atoms with Crippen molar-refractivity contribution in [3.8, 4) is 0 Å². The van der Waals surface area contributed by atoms with Gasteiger partial charge in [-0.15, -0.1) is 0 Å². The lowest BCUT2D eigenvalue weighted by molar-refractivity contribution is -0.384. The molecule has 0 unspecified atom stereocenters. The van der Waals surface area contributed by atoms with E-state index in [1.54, 1.807) is 43.3 Å². The largest absolute Gasteiger partial charge is 0.377 e. The van der Waals surface area contributed by atoms with E-state index < -0.39 is 22.8 Å². The smallest absolute Gasteiger partial charge is 0.335 e. The van der Waals surface area contributed by atoms with Gasteiger partial charge in [-0.05, 0) is 36.4 Å². The molecule has 3 rings (SSSR count). The molecule has 1 N–H and O–H groups in total. The number of halogens is 1. The Labute approximate surface area is 173 Å². The first-order chi connectivity index (χ1) is 13.7. The Morgan fingerprint density at radius 1 is 1.10 bits per heavy atom. The summed E-state index contributed by atoms with van der Waals surface area (Å²) in [5.74, 6) is -1.69. The molecule has 0 atom stereocenters. The quantitative estimate of drug-likeness (QED) is 0.326. The molecule has 1 saturated heterocycles. The van der Waals surface area contributed by atoms with Gasteiger partial charge < -0.3 is 4.90 Å². The summed E-state index contributed by atoms with van der Waals surface area (Å²) in [7, 11) is 3.45. The van der Waals surface area contributed by atoms with E-state index in [-0.39, 0.29) is 16.9 Å². The standard InChI is InChI=1S/C19H15BrN4O5/c1-22(2)16-8-7-14(24(28)29)9-11(16)10-15-17(25)21-19(27)23(18(15)26)13-5-3-12(20)4-6-13/h3-10H,1-2H3,(H,21,25,27)/b15-10-. The number of carbonyl (C=O) groups excluding carboxylic acids is 3. The van der Waals surface area contributed by atoms with Crippen LogP contribution in [0.15, 0.2) is 52.5 Å². The van der Waals surface area contributed by atoms with Gasteiger partial charge in [-0.25, -0.2) is 9.69 Å². The molecule has 0 saturated carbocycles. The summed E-state index contributed by atoms with van der Waals surface area (Å²) in [5.41, 5.74) is 0.646. The Balaban J connectivity index is 2.10. The van der Waals surface area contributed by atoms with Crippen molar-refractivity contribution in [3.63, 3.8) is 0 Å². The van der Waals surface area contributed by atoms with Crippen molar-refractivity contribution in [2.45, 2.75) is 0 Å². The highest BCUT2D eigenvalue weighted by Gasteiger charge is 2.37. The number of hydrogen-bond donors (Lipinski definition) is 1.